The molecule has 2 rings (SSSR count). The smallest absolute Gasteiger partial charge is 0.266 e. The predicted molar refractivity (Wildman–Crippen MR) is 60.6 cm³/mol. The van der Waals surface area contributed by atoms with Crippen molar-refractivity contribution >= 4 is 21.6 Å². The fourth-order valence-electron chi connectivity index (χ4n) is 1.39. The third-order valence-electron chi connectivity index (χ3n) is 2.08. The molecule has 0 saturated carbocycles. The van der Waals surface area contributed by atoms with E-state index in [2.05, 4.69) is 21.0 Å². The van der Waals surface area contributed by atoms with Crippen LogP contribution in [0.1, 0.15) is 12.0 Å². The quantitative estimate of drug-likeness (QED) is 0.863. The van der Waals surface area contributed by atoms with Crippen LogP contribution in [0.25, 0.3) is 5.69 Å². The van der Waals surface area contributed by atoms with Gasteiger partial charge in [-0.2, -0.15) is 5.10 Å². The summed E-state index contributed by atoms with van der Waals surface area (Å²) in [7, 11) is 0. The Morgan fingerprint density at radius 2 is 2.12 bits per heavy atom. The maximum atomic E-state index is 12.8. The van der Waals surface area contributed by atoms with Gasteiger partial charge in [-0.25, -0.2) is 13.5 Å². The van der Waals surface area contributed by atoms with Crippen molar-refractivity contribution in [3.8, 4) is 5.69 Å². The van der Waals surface area contributed by atoms with E-state index in [1.54, 1.807) is 12.3 Å². The summed E-state index contributed by atoms with van der Waals surface area (Å²) < 4.78 is 27.7. The number of hydrogen-bond donors (Lipinski definition) is 1. The summed E-state index contributed by atoms with van der Waals surface area (Å²) in [6.45, 7) is 0. The molecule has 1 aromatic carbocycles. The summed E-state index contributed by atoms with van der Waals surface area (Å²) >= 11 is 3.21. The average Bonchev–Trinajstić information content (AvgIpc) is 2.64. The monoisotopic (exact) mass is 287 g/mol. The van der Waals surface area contributed by atoms with E-state index >= 15 is 0 Å². The van der Waals surface area contributed by atoms with Crippen LogP contribution < -0.4 is 5.73 Å². The molecular weight excluding hydrogens is 280 g/mol. The van der Waals surface area contributed by atoms with Crippen LogP contribution in [0.3, 0.4) is 0 Å². The molecule has 0 fully saturated rings. The second-order valence-corrected chi connectivity index (χ2v) is 4.14. The minimum atomic E-state index is -2.58. The van der Waals surface area contributed by atoms with Gasteiger partial charge in [0.25, 0.3) is 6.43 Å². The highest BCUT2D eigenvalue weighted by Gasteiger charge is 2.15. The zero-order valence-electron chi connectivity index (χ0n) is 8.07. The lowest BCUT2D eigenvalue weighted by Gasteiger charge is -2.09. The van der Waals surface area contributed by atoms with Crippen molar-refractivity contribution in [1.29, 1.82) is 0 Å². The predicted octanol–water partition coefficient (Wildman–Crippen LogP) is 3.15. The first kappa shape index (κ1) is 11.1. The van der Waals surface area contributed by atoms with Crippen molar-refractivity contribution in [1.82, 2.24) is 9.78 Å². The van der Waals surface area contributed by atoms with Gasteiger partial charge in [0.15, 0.2) is 0 Å². The van der Waals surface area contributed by atoms with Crippen LogP contribution in [-0.4, -0.2) is 9.78 Å². The Balaban J connectivity index is 2.56. The van der Waals surface area contributed by atoms with Crippen molar-refractivity contribution in [2.75, 3.05) is 5.73 Å². The molecular formula is C10H8BrF2N3. The Morgan fingerprint density at radius 1 is 1.38 bits per heavy atom. The van der Waals surface area contributed by atoms with Crippen molar-refractivity contribution < 1.29 is 8.78 Å². The second-order valence-electron chi connectivity index (χ2n) is 3.22. The van der Waals surface area contributed by atoms with Crippen molar-refractivity contribution in [3.05, 3.63) is 40.6 Å². The molecule has 0 aliphatic carbocycles. The maximum Gasteiger partial charge on any atom is 0.266 e. The highest BCUT2D eigenvalue weighted by Crippen LogP contribution is 2.28. The molecule has 0 spiro atoms. The lowest BCUT2D eigenvalue weighted by Crippen LogP contribution is -2.01. The van der Waals surface area contributed by atoms with E-state index in [1.165, 1.54) is 23.0 Å². The van der Waals surface area contributed by atoms with Crippen LogP contribution in [0.2, 0.25) is 0 Å². The summed E-state index contributed by atoms with van der Waals surface area (Å²) in [4.78, 5) is 0. The van der Waals surface area contributed by atoms with Crippen molar-refractivity contribution in [2.45, 2.75) is 6.43 Å². The molecule has 0 aliphatic rings. The van der Waals surface area contributed by atoms with Gasteiger partial charge in [-0.3, -0.25) is 0 Å². The molecule has 0 unspecified atom stereocenters. The molecule has 16 heavy (non-hydrogen) atoms. The summed E-state index contributed by atoms with van der Waals surface area (Å²) in [5, 5.41) is 3.95. The molecule has 6 heteroatoms. The molecule has 0 amide bonds. The molecule has 2 N–H and O–H groups in total. The van der Waals surface area contributed by atoms with Gasteiger partial charge in [0, 0.05) is 17.4 Å². The summed E-state index contributed by atoms with van der Waals surface area (Å²) in [6, 6.07) is 4.35. The largest absolute Gasteiger partial charge is 0.399 e. The summed E-state index contributed by atoms with van der Waals surface area (Å²) in [5.74, 6) is 0. The number of hydrogen-bond acceptors (Lipinski definition) is 2. The van der Waals surface area contributed by atoms with E-state index in [0.29, 0.717) is 11.4 Å². The zero-order chi connectivity index (χ0) is 11.7. The SMILES string of the molecule is Nc1ccc(-n2cc(Br)cn2)c(C(F)F)c1. The van der Waals surface area contributed by atoms with E-state index in [4.69, 9.17) is 5.73 Å². The molecule has 0 aliphatic heterocycles. The lowest BCUT2D eigenvalue weighted by atomic mass is 10.1. The van der Waals surface area contributed by atoms with Gasteiger partial charge in [0.05, 0.1) is 16.4 Å². The van der Waals surface area contributed by atoms with Crippen LogP contribution in [0.4, 0.5) is 14.5 Å². The highest BCUT2D eigenvalue weighted by atomic mass is 79.9. The summed E-state index contributed by atoms with van der Waals surface area (Å²) in [5.41, 5.74) is 5.99. The molecule has 1 heterocycles. The molecule has 0 bridgehead atoms. The molecule has 2 aromatic rings. The topological polar surface area (TPSA) is 43.8 Å². The van der Waals surface area contributed by atoms with Crippen LogP contribution in [-0.2, 0) is 0 Å². The average molecular weight is 288 g/mol. The van der Waals surface area contributed by atoms with E-state index < -0.39 is 6.43 Å². The molecule has 1 aromatic heterocycles. The van der Waals surface area contributed by atoms with Gasteiger partial charge >= 0.3 is 0 Å². The number of anilines is 1. The normalized spacial score (nSPS) is 11.0. The molecule has 3 nitrogen and oxygen atoms in total. The summed E-state index contributed by atoms with van der Waals surface area (Å²) in [6.07, 6.45) is 0.560. The Kier molecular flexibility index (Phi) is 2.91. The first-order valence-corrected chi connectivity index (χ1v) is 5.25. The fraction of sp³-hybridized carbons (Fsp3) is 0.100. The maximum absolute atomic E-state index is 12.8. The van der Waals surface area contributed by atoms with Gasteiger partial charge in [-0.1, -0.05) is 0 Å². The Morgan fingerprint density at radius 3 is 2.69 bits per heavy atom. The number of nitrogen functional groups attached to an aromatic ring is 1. The third-order valence-corrected chi connectivity index (χ3v) is 2.49. The van der Waals surface area contributed by atoms with Crippen LogP contribution in [0.15, 0.2) is 35.1 Å². The number of alkyl halides is 2. The third kappa shape index (κ3) is 2.06. The number of rotatable bonds is 2. The van der Waals surface area contributed by atoms with Crippen molar-refractivity contribution in [3.63, 3.8) is 0 Å². The number of aromatic nitrogens is 2. The van der Waals surface area contributed by atoms with Gasteiger partial charge in [0.1, 0.15) is 0 Å². The number of nitrogens with two attached hydrogens (primary N) is 1. The number of benzene rings is 1. The van der Waals surface area contributed by atoms with Gasteiger partial charge in [-0.05, 0) is 34.1 Å². The first-order valence-electron chi connectivity index (χ1n) is 4.46. The van der Waals surface area contributed by atoms with E-state index in [0.717, 1.165) is 4.47 Å². The first-order chi connectivity index (χ1) is 7.58. The standard InChI is InChI=1S/C10H8BrF2N3/c11-6-4-15-16(5-6)9-2-1-7(14)3-8(9)10(12)13/h1-5,10H,14H2. The number of nitrogens with zero attached hydrogens (tertiary/aromatic N) is 2. The fourth-order valence-corrected chi connectivity index (χ4v) is 1.67. The van der Waals surface area contributed by atoms with Gasteiger partial charge < -0.3 is 5.73 Å². The van der Waals surface area contributed by atoms with E-state index in [9.17, 15) is 8.78 Å². The van der Waals surface area contributed by atoms with Crippen LogP contribution >= 0.6 is 15.9 Å². The Hall–Kier alpha value is -1.43. The van der Waals surface area contributed by atoms with Crippen LogP contribution in [0, 0.1) is 0 Å². The second kappa shape index (κ2) is 4.21. The zero-order valence-corrected chi connectivity index (χ0v) is 9.66. The minimum Gasteiger partial charge on any atom is -0.399 e. The molecule has 0 atom stereocenters. The Labute approximate surface area is 99.0 Å². The number of halogens is 3. The Bertz CT molecular complexity index is 511. The van der Waals surface area contributed by atoms with E-state index in [1.807, 2.05) is 0 Å². The lowest BCUT2D eigenvalue weighted by molar-refractivity contribution is 0.151. The van der Waals surface area contributed by atoms with Crippen LogP contribution in [0.5, 0.6) is 0 Å². The van der Waals surface area contributed by atoms with E-state index in [-0.39, 0.29) is 5.56 Å². The minimum absolute atomic E-state index is 0.129. The molecule has 0 saturated heterocycles. The molecule has 0 radical (unpaired) electrons. The van der Waals surface area contributed by atoms with Gasteiger partial charge in [-0.15, -0.1) is 0 Å². The van der Waals surface area contributed by atoms with Crippen molar-refractivity contribution in [2.24, 2.45) is 0 Å². The van der Waals surface area contributed by atoms with Gasteiger partial charge in [0.2, 0.25) is 0 Å². The highest BCUT2D eigenvalue weighted by molar-refractivity contribution is 9.10. The molecule has 84 valence electrons.